The number of piperazine rings is 1. The number of anilines is 1. The largest absolute Gasteiger partial charge is 0.494 e. The Morgan fingerprint density at radius 3 is 2.84 bits per heavy atom. The molecular weight excluding hydrogens is 306 g/mol. The second-order valence-electron chi connectivity index (χ2n) is 4.55. The molecule has 1 aromatic carbocycles. The van der Waals surface area contributed by atoms with Gasteiger partial charge >= 0.3 is 0 Å². The number of hydrogen-bond donors (Lipinski definition) is 1. The van der Waals surface area contributed by atoms with Gasteiger partial charge in [-0.25, -0.2) is 0 Å². The number of ether oxygens (including phenoxy) is 1. The summed E-state index contributed by atoms with van der Waals surface area (Å²) in [5, 5.41) is 4.51. The van der Waals surface area contributed by atoms with Gasteiger partial charge in [-0.3, -0.25) is 4.98 Å². The summed E-state index contributed by atoms with van der Waals surface area (Å²) in [5.74, 6) is 0.821. The molecule has 0 unspecified atom stereocenters. The van der Waals surface area contributed by atoms with E-state index in [0.29, 0.717) is 0 Å². The minimum atomic E-state index is 0.821. The van der Waals surface area contributed by atoms with Gasteiger partial charge in [-0.1, -0.05) is 12.1 Å². The summed E-state index contributed by atoms with van der Waals surface area (Å²) in [6, 6.07) is 6.07. The third kappa shape index (κ3) is 2.28. The van der Waals surface area contributed by atoms with Gasteiger partial charge in [0.15, 0.2) is 0 Å². The zero-order chi connectivity index (χ0) is 13.2. The zero-order valence-corrected chi connectivity index (χ0v) is 12.4. The second kappa shape index (κ2) is 5.35. The van der Waals surface area contributed by atoms with E-state index in [1.54, 1.807) is 7.11 Å². The van der Waals surface area contributed by atoms with Crippen LogP contribution in [-0.2, 0) is 0 Å². The van der Waals surface area contributed by atoms with Crippen molar-refractivity contribution < 1.29 is 4.74 Å². The van der Waals surface area contributed by atoms with Crippen LogP contribution < -0.4 is 15.0 Å². The minimum absolute atomic E-state index is 0.821. The van der Waals surface area contributed by atoms with Crippen molar-refractivity contribution in [1.29, 1.82) is 0 Å². The molecule has 4 nitrogen and oxygen atoms in total. The molecule has 19 heavy (non-hydrogen) atoms. The van der Waals surface area contributed by atoms with Crippen LogP contribution in [0.2, 0.25) is 0 Å². The molecule has 2 aromatic rings. The van der Waals surface area contributed by atoms with Crippen LogP contribution >= 0.6 is 15.9 Å². The molecule has 3 rings (SSSR count). The van der Waals surface area contributed by atoms with Crippen molar-refractivity contribution in [3.8, 4) is 5.75 Å². The first-order valence-electron chi connectivity index (χ1n) is 6.38. The van der Waals surface area contributed by atoms with Crippen molar-refractivity contribution in [3.63, 3.8) is 0 Å². The molecule has 0 atom stereocenters. The highest BCUT2D eigenvalue weighted by molar-refractivity contribution is 9.10. The fourth-order valence-electron chi connectivity index (χ4n) is 2.53. The van der Waals surface area contributed by atoms with Crippen molar-refractivity contribution >= 4 is 32.5 Å². The molecule has 1 saturated heterocycles. The summed E-state index contributed by atoms with van der Waals surface area (Å²) in [6.07, 6.45) is 1.86. The first-order valence-corrected chi connectivity index (χ1v) is 7.17. The minimum Gasteiger partial charge on any atom is -0.494 e. The van der Waals surface area contributed by atoms with E-state index in [0.717, 1.165) is 47.3 Å². The highest BCUT2D eigenvalue weighted by Crippen LogP contribution is 2.36. The van der Waals surface area contributed by atoms with Crippen LogP contribution in [0.1, 0.15) is 0 Å². The van der Waals surface area contributed by atoms with Crippen LogP contribution in [0.5, 0.6) is 5.75 Å². The number of nitrogens with zero attached hydrogens (tertiary/aromatic N) is 2. The molecule has 0 aliphatic carbocycles. The lowest BCUT2D eigenvalue weighted by Crippen LogP contribution is -2.43. The van der Waals surface area contributed by atoms with E-state index in [4.69, 9.17) is 4.74 Å². The van der Waals surface area contributed by atoms with E-state index < -0.39 is 0 Å². The molecule has 100 valence electrons. The van der Waals surface area contributed by atoms with E-state index in [9.17, 15) is 0 Å². The maximum atomic E-state index is 5.40. The third-order valence-corrected chi connectivity index (χ3v) is 4.02. The average molecular weight is 322 g/mol. The lowest BCUT2D eigenvalue weighted by atomic mass is 10.1. The SMILES string of the molecule is COc1cccc2c(N3CCNCC3)c(Br)cnc12. The summed E-state index contributed by atoms with van der Waals surface area (Å²) in [4.78, 5) is 6.89. The Morgan fingerprint density at radius 1 is 1.32 bits per heavy atom. The molecule has 1 aromatic heterocycles. The lowest BCUT2D eigenvalue weighted by molar-refractivity contribution is 0.419. The van der Waals surface area contributed by atoms with E-state index in [2.05, 4.69) is 37.2 Å². The number of fused-ring (bicyclic) bond motifs is 1. The molecule has 0 spiro atoms. The van der Waals surface area contributed by atoms with Crippen LogP contribution in [0.3, 0.4) is 0 Å². The number of benzene rings is 1. The first kappa shape index (κ1) is 12.7. The predicted molar refractivity (Wildman–Crippen MR) is 81.1 cm³/mol. The fourth-order valence-corrected chi connectivity index (χ4v) is 3.10. The number of pyridine rings is 1. The summed E-state index contributed by atoms with van der Waals surface area (Å²) in [7, 11) is 1.68. The topological polar surface area (TPSA) is 37.4 Å². The van der Waals surface area contributed by atoms with Crippen LogP contribution in [0, 0.1) is 0 Å². The van der Waals surface area contributed by atoms with Crippen LogP contribution in [-0.4, -0.2) is 38.3 Å². The number of methoxy groups -OCH3 is 1. The number of rotatable bonds is 2. The van der Waals surface area contributed by atoms with Gasteiger partial charge in [0.25, 0.3) is 0 Å². The van der Waals surface area contributed by atoms with E-state index in [-0.39, 0.29) is 0 Å². The molecular formula is C14H16BrN3O. The molecule has 2 heterocycles. The Kier molecular flexibility index (Phi) is 3.57. The Labute approximate surface area is 120 Å². The Hall–Kier alpha value is -1.33. The molecule has 0 amide bonds. The van der Waals surface area contributed by atoms with Crippen molar-refractivity contribution in [3.05, 3.63) is 28.9 Å². The molecule has 5 heteroatoms. The van der Waals surface area contributed by atoms with Crippen LogP contribution in [0.15, 0.2) is 28.9 Å². The number of hydrogen-bond acceptors (Lipinski definition) is 4. The number of halogens is 1. The standard InChI is InChI=1S/C14H16BrN3O/c1-19-12-4-2-3-10-13(12)17-9-11(15)14(10)18-7-5-16-6-8-18/h2-4,9,16H,5-8H2,1H3. The van der Waals surface area contributed by atoms with E-state index in [1.807, 2.05) is 18.3 Å². The summed E-state index contributed by atoms with van der Waals surface area (Å²) >= 11 is 3.63. The Morgan fingerprint density at radius 2 is 2.11 bits per heavy atom. The van der Waals surface area contributed by atoms with Crippen molar-refractivity contribution in [2.75, 3.05) is 38.2 Å². The smallest absolute Gasteiger partial charge is 0.145 e. The maximum absolute atomic E-state index is 5.40. The number of para-hydroxylation sites is 1. The Balaban J connectivity index is 2.18. The van der Waals surface area contributed by atoms with Gasteiger partial charge in [0.05, 0.1) is 17.3 Å². The molecule has 1 fully saturated rings. The molecule has 0 bridgehead atoms. The highest BCUT2D eigenvalue weighted by Gasteiger charge is 2.18. The van der Waals surface area contributed by atoms with Gasteiger partial charge in [-0.05, 0) is 22.0 Å². The number of nitrogens with one attached hydrogen (secondary N) is 1. The molecule has 1 aliphatic heterocycles. The second-order valence-corrected chi connectivity index (χ2v) is 5.40. The molecule has 1 N–H and O–H groups in total. The maximum Gasteiger partial charge on any atom is 0.145 e. The Bertz CT molecular complexity index is 597. The average Bonchev–Trinajstić information content (AvgIpc) is 2.47. The van der Waals surface area contributed by atoms with Gasteiger partial charge in [-0.2, -0.15) is 0 Å². The first-order chi connectivity index (χ1) is 9.31. The van der Waals surface area contributed by atoms with Gasteiger partial charge in [0.2, 0.25) is 0 Å². The predicted octanol–water partition coefficient (Wildman–Crippen LogP) is 2.42. The summed E-state index contributed by atoms with van der Waals surface area (Å²) < 4.78 is 6.44. The van der Waals surface area contributed by atoms with Crippen LogP contribution in [0.25, 0.3) is 10.9 Å². The molecule has 0 radical (unpaired) electrons. The monoisotopic (exact) mass is 321 g/mol. The van der Waals surface area contributed by atoms with Crippen molar-refractivity contribution in [2.24, 2.45) is 0 Å². The number of aromatic nitrogens is 1. The van der Waals surface area contributed by atoms with E-state index in [1.165, 1.54) is 5.69 Å². The normalized spacial score (nSPS) is 15.8. The van der Waals surface area contributed by atoms with Gasteiger partial charge < -0.3 is 15.0 Å². The highest BCUT2D eigenvalue weighted by atomic mass is 79.9. The van der Waals surface area contributed by atoms with Gasteiger partial charge in [-0.15, -0.1) is 0 Å². The fraction of sp³-hybridized carbons (Fsp3) is 0.357. The van der Waals surface area contributed by atoms with Crippen molar-refractivity contribution in [2.45, 2.75) is 0 Å². The summed E-state index contributed by atoms with van der Waals surface area (Å²) in [5.41, 5.74) is 2.13. The third-order valence-electron chi connectivity index (χ3n) is 3.44. The van der Waals surface area contributed by atoms with Crippen molar-refractivity contribution in [1.82, 2.24) is 10.3 Å². The summed E-state index contributed by atoms with van der Waals surface area (Å²) in [6.45, 7) is 4.05. The molecule has 0 saturated carbocycles. The van der Waals surface area contributed by atoms with Gasteiger partial charge in [0.1, 0.15) is 11.3 Å². The van der Waals surface area contributed by atoms with Gasteiger partial charge in [0, 0.05) is 37.8 Å². The molecule has 1 aliphatic rings. The quantitative estimate of drug-likeness (QED) is 0.921. The van der Waals surface area contributed by atoms with Crippen LogP contribution in [0.4, 0.5) is 5.69 Å². The lowest BCUT2D eigenvalue weighted by Gasteiger charge is -2.31. The van der Waals surface area contributed by atoms with E-state index >= 15 is 0 Å². The zero-order valence-electron chi connectivity index (χ0n) is 10.8.